The van der Waals surface area contributed by atoms with Crippen molar-refractivity contribution in [3.63, 3.8) is 0 Å². The molecule has 0 aliphatic carbocycles. The van der Waals surface area contributed by atoms with Gasteiger partial charge in [-0.2, -0.15) is 0 Å². The maximum absolute atomic E-state index is 5.36. The molecule has 0 aliphatic rings. The van der Waals surface area contributed by atoms with Gasteiger partial charge in [-0.25, -0.2) is 0 Å². The Kier molecular flexibility index (Phi) is 28.4. The van der Waals surface area contributed by atoms with Crippen LogP contribution in [0.25, 0.3) is 0 Å². The number of halogens is 3. The Morgan fingerprint density at radius 3 is 1.45 bits per heavy atom. The summed E-state index contributed by atoms with van der Waals surface area (Å²) >= 11 is 0. The summed E-state index contributed by atoms with van der Waals surface area (Å²) in [5.41, 5.74) is 6.18. The molecule has 11 heavy (non-hydrogen) atoms. The van der Waals surface area contributed by atoms with Crippen molar-refractivity contribution >= 4 is 55.8 Å². The predicted molar refractivity (Wildman–Crippen MR) is 43.9 cm³/mol. The standard InChI is InChI=1S/C6H7N.Ca.3ClH/c7-6-4-2-1-3-5-6;;;;/h1-5H,7H2;;3*1H/q;+2;;;/p-2. The zero-order chi connectivity index (χ0) is 5.11. The summed E-state index contributed by atoms with van der Waals surface area (Å²) in [4.78, 5) is 0. The van der Waals surface area contributed by atoms with Crippen LogP contribution in [0.5, 0.6) is 0 Å². The molecule has 2 N–H and O–H groups in total. The maximum Gasteiger partial charge on any atom is 2.00 e. The van der Waals surface area contributed by atoms with Crippen molar-refractivity contribution in [2.45, 2.75) is 0 Å². The Morgan fingerprint density at radius 1 is 0.909 bits per heavy atom. The summed E-state index contributed by atoms with van der Waals surface area (Å²) in [7, 11) is 0. The first kappa shape index (κ1) is 22.7. The quantitative estimate of drug-likeness (QED) is 0.358. The molecule has 0 bridgehead atoms. The van der Waals surface area contributed by atoms with Crippen LogP contribution in [-0.2, 0) is 0 Å². The number of nitrogens with two attached hydrogens (primary N) is 1. The van der Waals surface area contributed by atoms with Crippen molar-refractivity contribution < 1.29 is 24.8 Å². The van der Waals surface area contributed by atoms with Gasteiger partial charge in [0.1, 0.15) is 0 Å². The number of hydrogen-bond acceptors (Lipinski definition) is 1. The molecule has 1 aromatic rings. The monoisotopic (exact) mass is 239 g/mol. The largest absolute Gasteiger partial charge is 2.00 e. The van der Waals surface area contributed by atoms with Crippen LogP contribution in [0.4, 0.5) is 5.69 Å². The molecule has 1 nitrogen and oxygen atoms in total. The molecular formula is C6H8CaCl3N. The van der Waals surface area contributed by atoms with Crippen LogP contribution < -0.4 is 30.5 Å². The van der Waals surface area contributed by atoms with Crippen LogP contribution in [0.1, 0.15) is 0 Å². The van der Waals surface area contributed by atoms with Crippen LogP contribution in [0.3, 0.4) is 0 Å². The molecule has 1 aromatic carbocycles. The Labute approximate surface area is 115 Å². The van der Waals surface area contributed by atoms with Gasteiger partial charge in [-0.1, -0.05) is 18.2 Å². The van der Waals surface area contributed by atoms with Gasteiger partial charge < -0.3 is 30.5 Å². The minimum Gasteiger partial charge on any atom is -1.00 e. The van der Waals surface area contributed by atoms with Crippen molar-refractivity contribution in [3.8, 4) is 0 Å². The third-order valence-corrected chi connectivity index (χ3v) is 0.800. The first-order chi connectivity index (χ1) is 3.39. The Bertz CT molecular complexity index is 148. The van der Waals surface area contributed by atoms with Crippen molar-refractivity contribution in [3.05, 3.63) is 30.3 Å². The molecule has 0 spiro atoms. The molecule has 0 saturated carbocycles. The van der Waals surface area contributed by atoms with Crippen molar-refractivity contribution in [2.75, 3.05) is 5.73 Å². The van der Waals surface area contributed by atoms with Gasteiger partial charge >= 0.3 is 37.7 Å². The summed E-state index contributed by atoms with van der Waals surface area (Å²) in [6.45, 7) is 0. The van der Waals surface area contributed by atoms with Crippen LogP contribution in [0.2, 0.25) is 0 Å². The Balaban J connectivity index is -0.0000000612. The van der Waals surface area contributed by atoms with E-state index < -0.39 is 0 Å². The first-order valence-electron chi connectivity index (χ1n) is 2.20. The van der Waals surface area contributed by atoms with Gasteiger partial charge in [-0.15, -0.1) is 12.4 Å². The fourth-order valence-corrected chi connectivity index (χ4v) is 0.453. The number of benzene rings is 1. The number of nitrogen functional groups attached to an aromatic ring is 1. The molecule has 0 aliphatic heterocycles. The van der Waals surface area contributed by atoms with Gasteiger partial charge in [0.05, 0.1) is 0 Å². The molecule has 0 fully saturated rings. The fourth-order valence-electron chi connectivity index (χ4n) is 0.453. The molecule has 5 heteroatoms. The third kappa shape index (κ3) is 11.1. The van der Waals surface area contributed by atoms with E-state index in [4.69, 9.17) is 5.73 Å². The van der Waals surface area contributed by atoms with E-state index in [1.165, 1.54) is 0 Å². The van der Waals surface area contributed by atoms with Gasteiger partial charge in [0.15, 0.2) is 0 Å². The van der Waals surface area contributed by atoms with E-state index >= 15 is 0 Å². The second kappa shape index (κ2) is 13.7. The molecule has 0 atom stereocenters. The van der Waals surface area contributed by atoms with Gasteiger partial charge in [0.2, 0.25) is 0 Å². The second-order valence-corrected chi connectivity index (χ2v) is 1.41. The van der Waals surface area contributed by atoms with E-state index in [-0.39, 0.29) is 75.0 Å². The molecule has 0 heterocycles. The maximum atomic E-state index is 5.36. The van der Waals surface area contributed by atoms with E-state index in [0.29, 0.717) is 0 Å². The Morgan fingerprint density at radius 2 is 1.27 bits per heavy atom. The summed E-state index contributed by atoms with van der Waals surface area (Å²) in [6.07, 6.45) is 0. The van der Waals surface area contributed by atoms with Crippen LogP contribution in [0.15, 0.2) is 30.3 Å². The van der Waals surface area contributed by atoms with E-state index in [1.54, 1.807) is 0 Å². The van der Waals surface area contributed by atoms with E-state index in [0.717, 1.165) is 5.69 Å². The number of anilines is 1. The molecule has 0 aromatic heterocycles. The molecule has 0 saturated heterocycles. The molecule has 0 unspecified atom stereocenters. The average Bonchev–Trinajstić information content (AvgIpc) is 1.69. The molecule has 1 rings (SSSR count). The summed E-state index contributed by atoms with van der Waals surface area (Å²) in [5, 5.41) is 0. The molecule has 0 radical (unpaired) electrons. The normalized spacial score (nSPS) is 5.45. The second-order valence-electron chi connectivity index (χ2n) is 1.41. The average molecular weight is 241 g/mol. The SMILES string of the molecule is Cl.Nc1ccccc1.[Ca+2].[Cl-].[Cl-]. The van der Waals surface area contributed by atoms with Gasteiger partial charge in [0, 0.05) is 5.69 Å². The van der Waals surface area contributed by atoms with E-state index in [9.17, 15) is 0 Å². The van der Waals surface area contributed by atoms with E-state index in [1.807, 2.05) is 30.3 Å². The molecule has 60 valence electrons. The van der Waals surface area contributed by atoms with Crippen molar-refractivity contribution in [1.82, 2.24) is 0 Å². The Hall–Kier alpha value is 1.15. The summed E-state index contributed by atoms with van der Waals surface area (Å²) < 4.78 is 0. The zero-order valence-corrected chi connectivity index (χ0v) is 10.4. The van der Waals surface area contributed by atoms with Crippen LogP contribution in [0, 0.1) is 0 Å². The van der Waals surface area contributed by atoms with Crippen LogP contribution in [-0.4, -0.2) is 37.7 Å². The minimum absolute atomic E-state index is 0. The molecule has 0 amide bonds. The minimum atomic E-state index is 0. The summed E-state index contributed by atoms with van der Waals surface area (Å²) in [6, 6.07) is 9.49. The third-order valence-electron chi connectivity index (χ3n) is 0.800. The molecular weight excluding hydrogens is 233 g/mol. The number of hydrogen-bond donors (Lipinski definition) is 1. The van der Waals surface area contributed by atoms with Crippen LogP contribution >= 0.6 is 12.4 Å². The topological polar surface area (TPSA) is 26.0 Å². The van der Waals surface area contributed by atoms with Gasteiger partial charge in [-0.05, 0) is 12.1 Å². The number of rotatable bonds is 0. The first-order valence-corrected chi connectivity index (χ1v) is 2.20. The number of para-hydroxylation sites is 1. The smallest absolute Gasteiger partial charge is 1.00 e. The predicted octanol–water partition coefficient (Wildman–Crippen LogP) is -4.68. The van der Waals surface area contributed by atoms with Crippen molar-refractivity contribution in [2.24, 2.45) is 0 Å². The zero-order valence-electron chi connectivity index (χ0n) is 5.84. The van der Waals surface area contributed by atoms with Gasteiger partial charge in [0.25, 0.3) is 0 Å². The fraction of sp³-hybridized carbons (Fsp3) is 0. The summed E-state index contributed by atoms with van der Waals surface area (Å²) in [5.74, 6) is 0. The van der Waals surface area contributed by atoms with Gasteiger partial charge in [-0.3, -0.25) is 0 Å². The van der Waals surface area contributed by atoms with Crippen molar-refractivity contribution in [1.29, 1.82) is 0 Å². The van der Waals surface area contributed by atoms with E-state index in [2.05, 4.69) is 0 Å².